The molecule has 3 N–H and O–H groups in total. The first-order valence-corrected chi connectivity index (χ1v) is 10.2. The van der Waals surface area contributed by atoms with Crippen molar-refractivity contribution in [2.45, 2.75) is 26.9 Å². The summed E-state index contributed by atoms with van der Waals surface area (Å²) in [5.74, 6) is 0.448. The molecule has 0 saturated carbocycles. The van der Waals surface area contributed by atoms with Crippen LogP contribution in [0.1, 0.15) is 29.8 Å². The van der Waals surface area contributed by atoms with Crippen molar-refractivity contribution < 1.29 is 14.3 Å². The summed E-state index contributed by atoms with van der Waals surface area (Å²) < 4.78 is 5.59. The second-order valence-electron chi connectivity index (χ2n) is 7.49. The van der Waals surface area contributed by atoms with Crippen molar-refractivity contribution in [2.24, 2.45) is 0 Å². The Kier molecular flexibility index (Phi) is 7.27. The summed E-state index contributed by atoms with van der Waals surface area (Å²) in [5, 5.41) is 8.78. The minimum absolute atomic E-state index is 0.104. The average Bonchev–Trinajstić information content (AvgIpc) is 2.74. The number of hydrogen-bond donors (Lipinski definition) is 3. The molecule has 6 nitrogen and oxygen atoms in total. The van der Waals surface area contributed by atoms with Crippen molar-refractivity contribution in [3.05, 3.63) is 83.9 Å². The molecule has 3 aromatic rings. The van der Waals surface area contributed by atoms with E-state index in [4.69, 9.17) is 4.74 Å². The highest BCUT2D eigenvalue weighted by atomic mass is 16.5. The van der Waals surface area contributed by atoms with Gasteiger partial charge in [0.25, 0.3) is 5.91 Å². The minimum atomic E-state index is -0.159. The van der Waals surface area contributed by atoms with E-state index in [2.05, 4.69) is 16.0 Å². The quantitative estimate of drug-likeness (QED) is 0.477. The lowest BCUT2D eigenvalue weighted by atomic mass is 10.1. The molecule has 0 bridgehead atoms. The van der Waals surface area contributed by atoms with Crippen LogP contribution in [0.4, 0.5) is 17.1 Å². The number of benzene rings is 3. The minimum Gasteiger partial charge on any atom is -0.491 e. The summed E-state index contributed by atoms with van der Waals surface area (Å²) in [6, 6.07) is 21.9. The van der Waals surface area contributed by atoms with Gasteiger partial charge in [0, 0.05) is 22.6 Å². The van der Waals surface area contributed by atoms with Crippen molar-refractivity contribution >= 4 is 28.9 Å². The third kappa shape index (κ3) is 6.89. The maximum absolute atomic E-state index is 12.3. The predicted molar refractivity (Wildman–Crippen MR) is 125 cm³/mol. The summed E-state index contributed by atoms with van der Waals surface area (Å²) in [6.45, 7) is 6.00. The monoisotopic (exact) mass is 417 g/mol. The Morgan fingerprint density at radius 3 is 2.10 bits per heavy atom. The van der Waals surface area contributed by atoms with E-state index in [9.17, 15) is 9.59 Å². The van der Waals surface area contributed by atoms with Crippen molar-refractivity contribution in [2.75, 3.05) is 22.5 Å². The fourth-order valence-electron chi connectivity index (χ4n) is 2.94. The molecule has 0 aliphatic carbocycles. The van der Waals surface area contributed by atoms with Crippen molar-refractivity contribution in [3.63, 3.8) is 0 Å². The number of hydrogen-bond acceptors (Lipinski definition) is 4. The van der Waals surface area contributed by atoms with Crippen molar-refractivity contribution in [1.82, 2.24) is 0 Å². The zero-order valence-electron chi connectivity index (χ0n) is 17.9. The number of aryl methyl sites for hydroxylation is 1. The highest BCUT2D eigenvalue weighted by Crippen LogP contribution is 2.18. The molecular weight excluding hydrogens is 390 g/mol. The van der Waals surface area contributed by atoms with Crippen molar-refractivity contribution in [3.8, 4) is 5.75 Å². The molecule has 6 heteroatoms. The van der Waals surface area contributed by atoms with Gasteiger partial charge in [-0.3, -0.25) is 9.59 Å². The molecule has 160 valence electrons. The fourth-order valence-corrected chi connectivity index (χ4v) is 2.94. The van der Waals surface area contributed by atoms with Gasteiger partial charge in [0.05, 0.1) is 12.6 Å². The molecule has 0 aromatic heterocycles. The molecule has 0 fully saturated rings. The van der Waals surface area contributed by atoms with Gasteiger partial charge in [0.2, 0.25) is 5.91 Å². The fraction of sp³-hybridized carbons (Fsp3) is 0.200. The van der Waals surface area contributed by atoms with Gasteiger partial charge in [-0.05, 0) is 81.4 Å². The average molecular weight is 418 g/mol. The Hall–Kier alpha value is -3.80. The Bertz CT molecular complexity index is 1030. The lowest BCUT2D eigenvalue weighted by molar-refractivity contribution is -0.114. The highest BCUT2D eigenvalue weighted by molar-refractivity contribution is 6.04. The Labute approximate surface area is 182 Å². The van der Waals surface area contributed by atoms with Gasteiger partial charge in [0.15, 0.2) is 0 Å². The Balaban J connectivity index is 1.47. The van der Waals surface area contributed by atoms with E-state index in [0.717, 1.165) is 17.0 Å². The van der Waals surface area contributed by atoms with Gasteiger partial charge in [-0.1, -0.05) is 17.7 Å². The number of anilines is 3. The number of rotatable bonds is 8. The van der Waals surface area contributed by atoms with Gasteiger partial charge in [0.1, 0.15) is 5.75 Å². The molecule has 0 atom stereocenters. The second kappa shape index (κ2) is 10.3. The summed E-state index contributed by atoms with van der Waals surface area (Å²) in [5.41, 5.74) is 3.82. The van der Waals surface area contributed by atoms with E-state index in [1.54, 1.807) is 30.3 Å². The van der Waals surface area contributed by atoms with Gasteiger partial charge in [-0.15, -0.1) is 0 Å². The summed E-state index contributed by atoms with van der Waals surface area (Å²) in [6.07, 6.45) is 0.104. The first kappa shape index (κ1) is 21.9. The first-order chi connectivity index (χ1) is 14.9. The molecule has 0 aliphatic heterocycles. The summed E-state index contributed by atoms with van der Waals surface area (Å²) in [7, 11) is 0. The third-order valence-electron chi connectivity index (χ3n) is 4.39. The van der Waals surface area contributed by atoms with Gasteiger partial charge in [-0.25, -0.2) is 0 Å². The molecule has 0 aliphatic rings. The van der Waals surface area contributed by atoms with E-state index in [-0.39, 0.29) is 24.5 Å². The molecule has 0 unspecified atom stereocenters. The SMILES string of the molecule is Cc1cccc(C(=O)Nc2ccc(NCC(=O)Nc3ccc(OC(C)C)cc3)cc2)c1. The van der Waals surface area contributed by atoms with E-state index in [1.165, 1.54) is 0 Å². The molecule has 0 saturated heterocycles. The largest absolute Gasteiger partial charge is 0.491 e. The van der Waals surface area contributed by atoms with Crippen LogP contribution in [0, 0.1) is 6.92 Å². The normalized spacial score (nSPS) is 10.5. The standard InChI is InChI=1S/C25H27N3O3/c1-17(2)31-23-13-11-21(12-14-23)27-24(29)16-26-20-7-9-22(10-8-20)28-25(30)19-6-4-5-18(3)15-19/h4-15,17,26H,16H2,1-3H3,(H,27,29)(H,28,30). The number of ether oxygens (including phenoxy) is 1. The number of nitrogens with one attached hydrogen (secondary N) is 3. The molecule has 31 heavy (non-hydrogen) atoms. The zero-order chi connectivity index (χ0) is 22.2. The predicted octanol–water partition coefficient (Wildman–Crippen LogP) is 5.09. The Morgan fingerprint density at radius 1 is 0.839 bits per heavy atom. The highest BCUT2D eigenvalue weighted by Gasteiger charge is 2.07. The van der Waals surface area contributed by atoms with Gasteiger partial charge >= 0.3 is 0 Å². The van der Waals surface area contributed by atoms with Crippen LogP contribution in [0.25, 0.3) is 0 Å². The third-order valence-corrected chi connectivity index (χ3v) is 4.39. The molecule has 0 radical (unpaired) electrons. The van der Waals surface area contributed by atoms with Crippen LogP contribution in [0.3, 0.4) is 0 Å². The van der Waals surface area contributed by atoms with E-state index in [1.807, 2.05) is 63.2 Å². The van der Waals surface area contributed by atoms with Crippen LogP contribution in [0.15, 0.2) is 72.8 Å². The maximum Gasteiger partial charge on any atom is 0.255 e. The molecular formula is C25H27N3O3. The first-order valence-electron chi connectivity index (χ1n) is 10.2. The molecule has 0 spiro atoms. The lowest BCUT2D eigenvalue weighted by Crippen LogP contribution is -2.21. The molecule has 3 aromatic carbocycles. The van der Waals surface area contributed by atoms with Crippen LogP contribution in [0.5, 0.6) is 5.75 Å². The van der Waals surface area contributed by atoms with Gasteiger partial charge in [-0.2, -0.15) is 0 Å². The molecule has 2 amide bonds. The zero-order valence-corrected chi connectivity index (χ0v) is 17.9. The van der Waals surface area contributed by atoms with Crippen LogP contribution < -0.4 is 20.7 Å². The van der Waals surface area contributed by atoms with E-state index >= 15 is 0 Å². The molecule has 3 rings (SSSR count). The number of amides is 2. The maximum atomic E-state index is 12.3. The molecule has 0 heterocycles. The van der Waals surface area contributed by atoms with Crippen LogP contribution in [0.2, 0.25) is 0 Å². The lowest BCUT2D eigenvalue weighted by Gasteiger charge is -2.11. The number of carbonyl (C=O) groups is 2. The van der Waals surface area contributed by atoms with E-state index in [0.29, 0.717) is 16.9 Å². The van der Waals surface area contributed by atoms with Crippen molar-refractivity contribution in [1.29, 1.82) is 0 Å². The van der Waals surface area contributed by atoms with Crippen LogP contribution >= 0.6 is 0 Å². The topological polar surface area (TPSA) is 79.5 Å². The summed E-state index contributed by atoms with van der Waals surface area (Å²) in [4.78, 5) is 24.5. The second-order valence-corrected chi connectivity index (χ2v) is 7.49. The van der Waals surface area contributed by atoms with E-state index < -0.39 is 0 Å². The smallest absolute Gasteiger partial charge is 0.255 e. The van der Waals surface area contributed by atoms with Crippen LogP contribution in [-0.2, 0) is 4.79 Å². The van der Waals surface area contributed by atoms with Gasteiger partial charge < -0.3 is 20.7 Å². The van der Waals surface area contributed by atoms with Crippen LogP contribution in [-0.4, -0.2) is 24.5 Å². The Morgan fingerprint density at radius 2 is 1.45 bits per heavy atom. The summed E-state index contributed by atoms with van der Waals surface area (Å²) >= 11 is 0. The number of carbonyl (C=O) groups excluding carboxylic acids is 2.